The summed E-state index contributed by atoms with van der Waals surface area (Å²) in [5.41, 5.74) is 0.647. The molecular formula is C13H14N2O3S2. The van der Waals surface area contributed by atoms with E-state index >= 15 is 0 Å². The van der Waals surface area contributed by atoms with Crippen LogP contribution in [0.3, 0.4) is 0 Å². The van der Waals surface area contributed by atoms with Crippen LogP contribution in [-0.4, -0.2) is 39.9 Å². The van der Waals surface area contributed by atoms with E-state index in [0.717, 1.165) is 0 Å². The number of thioether (sulfide) groups is 1. The summed E-state index contributed by atoms with van der Waals surface area (Å²) in [7, 11) is 1.58. The number of amides is 2. The summed E-state index contributed by atoms with van der Waals surface area (Å²) >= 11 is 6.38. The lowest BCUT2D eigenvalue weighted by Crippen LogP contribution is -2.37. The normalized spacial score (nSPS) is 18.3. The molecule has 20 heavy (non-hydrogen) atoms. The highest BCUT2D eigenvalue weighted by Gasteiger charge is 2.34. The fourth-order valence-electron chi connectivity index (χ4n) is 1.74. The average Bonchev–Trinajstić information content (AvgIpc) is 2.66. The molecule has 1 unspecified atom stereocenters. The maximum atomic E-state index is 11.9. The molecule has 2 amide bonds. The summed E-state index contributed by atoms with van der Waals surface area (Å²) in [5, 5.41) is 2.51. The second-order valence-corrected chi connectivity index (χ2v) is 6.20. The molecule has 1 aromatic carbocycles. The minimum atomic E-state index is -0.277. The largest absolute Gasteiger partial charge is 0.497 e. The number of thiocarbonyl (C=S) groups is 1. The molecule has 1 aliphatic heterocycles. The lowest BCUT2D eigenvalue weighted by molar-refractivity contribution is -0.129. The summed E-state index contributed by atoms with van der Waals surface area (Å²) in [4.78, 5) is 25.1. The molecule has 5 nitrogen and oxygen atoms in total. The number of hydrogen-bond donors (Lipinski definition) is 1. The molecule has 0 bridgehead atoms. The highest BCUT2D eigenvalue weighted by molar-refractivity contribution is 8.24. The van der Waals surface area contributed by atoms with Crippen LogP contribution < -0.4 is 10.1 Å². The van der Waals surface area contributed by atoms with Crippen LogP contribution in [0.4, 0.5) is 5.69 Å². The molecule has 0 saturated carbocycles. The van der Waals surface area contributed by atoms with E-state index in [1.54, 1.807) is 38.3 Å². The smallest absolute Gasteiger partial charge is 0.244 e. The number of ether oxygens (including phenoxy) is 1. The fraction of sp³-hybridized carbons (Fsp3) is 0.308. The molecule has 1 heterocycles. The molecule has 0 spiro atoms. The third-order valence-electron chi connectivity index (χ3n) is 2.79. The Morgan fingerprint density at radius 3 is 2.60 bits per heavy atom. The number of nitrogens with one attached hydrogen (secondary N) is 1. The van der Waals surface area contributed by atoms with Crippen LogP contribution in [-0.2, 0) is 9.59 Å². The lowest BCUT2D eigenvalue weighted by atomic mass is 10.3. The zero-order chi connectivity index (χ0) is 14.7. The molecule has 2 rings (SSSR count). The average molecular weight is 310 g/mol. The van der Waals surface area contributed by atoms with Gasteiger partial charge in [0, 0.05) is 5.69 Å². The first kappa shape index (κ1) is 14.8. The third-order valence-corrected chi connectivity index (χ3v) is 4.27. The molecule has 1 aliphatic rings. The first-order valence-electron chi connectivity index (χ1n) is 5.97. The highest BCUT2D eigenvalue weighted by atomic mass is 32.2. The molecule has 1 atom stereocenters. The van der Waals surface area contributed by atoms with Crippen molar-refractivity contribution in [2.75, 3.05) is 19.0 Å². The number of hydrogen-bond acceptors (Lipinski definition) is 5. The van der Waals surface area contributed by atoms with Crippen molar-refractivity contribution < 1.29 is 14.3 Å². The Hall–Kier alpha value is -1.60. The van der Waals surface area contributed by atoms with Gasteiger partial charge in [-0.1, -0.05) is 24.0 Å². The zero-order valence-electron chi connectivity index (χ0n) is 11.1. The number of nitrogens with zero attached hydrogens (tertiary/aromatic N) is 1. The van der Waals surface area contributed by atoms with E-state index in [0.29, 0.717) is 15.8 Å². The molecule has 0 aromatic heterocycles. The van der Waals surface area contributed by atoms with Gasteiger partial charge in [-0.25, -0.2) is 0 Å². The van der Waals surface area contributed by atoms with Crippen LogP contribution in [0, 0.1) is 0 Å². The Balaban J connectivity index is 1.95. The van der Waals surface area contributed by atoms with E-state index in [1.165, 1.54) is 16.7 Å². The molecule has 0 radical (unpaired) electrons. The molecule has 1 saturated heterocycles. The van der Waals surface area contributed by atoms with Gasteiger partial charge in [0.2, 0.25) is 11.8 Å². The summed E-state index contributed by atoms with van der Waals surface area (Å²) < 4.78 is 5.49. The van der Waals surface area contributed by atoms with Gasteiger partial charge in [-0.2, -0.15) is 0 Å². The van der Waals surface area contributed by atoms with Crippen molar-refractivity contribution in [2.45, 2.75) is 12.2 Å². The Bertz CT molecular complexity index is 545. The molecule has 106 valence electrons. The van der Waals surface area contributed by atoms with E-state index in [-0.39, 0.29) is 23.6 Å². The second-order valence-electron chi connectivity index (χ2n) is 4.23. The van der Waals surface area contributed by atoms with Gasteiger partial charge in [0.15, 0.2) is 0 Å². The molecule has 1 aromatic rings. The van der Waals surface area contributed by atoms with Crippen molar-refractivity contribution in [3.8, 4) is 5.75 Å². The Labute approximate surface area is 126 Å². The van der Waals surface area contributed by atoms with Crippen LogP contribution in [0.2, 0.25) is 0 Å². The predicted molar refractivity (Wildman–Crippen MR) is 83.0 cm³/mol. The van der Waals surface area contributed by atoms with Crippen LogP contribution >= 0.6 is 24.0 Å². The lowest BCUT2D eigenvalue weighted by Gasteiger charge is -2.14. The molecule has 1 fully saturated rings. The second kappa shape index (κ2) is 6.23. The van der Waals surface area contributed by atoms with Crippen molar-refractivity contribution >= 4 is 45.8 Å². The molecule has 1 N–H and O–H groups in total. The van der Waals surface area contributed by atoms with Crippen LogP contribution in [0.25, 0.3) is 0 Å². The van der Waals surface area contributed by atoms with Crippen molar-refractivity contribution in [3.05, 3.63) is 24.3 Å². The van der Waals surface area contributed by atoms with E-state index in [1.807, 2.05) is 0 Å². The van der Waals surface area contributed by atoms with Crippen LogP contribution in [0.15, 0.2) is 24.3 Å². The maximum Gasteiger partial charge on any atom is 0.244 e. The van der Waals surface area contributed by atoms with Gasteiger partial charge in [-0.05, 0) is 31.2 Å². The van der Waals surface area contributed by atoms with Crippen LogP contribution in [0.5, 0.6) is 5.75 Å². The van der Waals surface area contributed by atoms with E-state index in [9.17, 15) is 9.59 Å². The topological polar surface area (TPSA) is 58.6 Å². The molecule has 0 aliphatic carbocycles. The van der Waals surface area contributed by atoms with Gasteiger partial charge in [0.25, 0.3) is 0 Å². The van der Waals surface area contributed by atoms with E-state index in [2.05, 4.69) is 5.32 Å². The minimum absolute atomic E-state index is 0.0545. The monoisotopic (exact) mass is 310 g/mol. The highest BCUT2D eigenvalue weighted by Crippen LogP contribution is 2.26. The SMILES string of the molecule is COc1ccc(NC(=O)CN2C(=O)C(C)SC2=S)cc1. The summed E-state index contributed by atoms with van der Waals surface area (Å²) in [6, 6.07) is 6.97. The Kier molecular flexibility index (Phi) is 4.61. The Morgan fingerprint density at radius 2 is 2.10 bits per heavy atom. The quantitative estimate of drug-likeness (QED) is 0.861. The van der Waals surface area contributed by atoms with E-state index < -0.39 is 0 Å². The zero-order valence-corrected chi connectivity index (χ0v) is 12.7. The van der Waals surface area contributed by atoms with Gasteiger partial charge in [-0.3, -0.25) is 14.5 Å². The fourth-order valence-corrected chi connectivity index (χ4v) is 3.14. The Morgan fingerprint density at radius 1 is 1.45 bits per heavy atom. The number of rotatable bonds is 4. The first-order chi connectivity index (χ1) is 9.51. The number of anilines is 1. The van der Waals surface area contributed by atoms with Gasteiger partial charge in [-0.15, -0.1) is 0 Å². The number of benzene rings is 1. The van der Waals surface area contributed by atoms with E-state index in [4.69, 9.17) is 17.0 Å². The van der Waals surface area contributed by atoms with Crippen molar-refractivity contribution in [1.82, 2.24) is 4.90 Å². The predicted octanol–water partition coefficient (Wildman–Crippen LogP) is 1.88. The number of carbonyl (C=O) groups excluding carboxylic acids is 2. The minimum Gasteiger partial charge on any atom is -0.497 e. The summed E-state index contributed by atoms with van der Waals surface area (Å²) in [6.45, 7) is 1.72. The maximum absolute atomic E-state index is 11.9. The first-order valence-corrected chi connectivity index (χ1v) is 7.26. The van der Waals surface area contributed by atoms with Crippen LogP contribution in [0.1, 0.15) is 6.92 Å². The van der Waals surface area contributed by atoms with Crippen molar-refractivity contribution in [1.29, 1.82) is 0 Å². The van der Waals surface area contributed by atoms with Gasteiger partial charge in [0.1, 0.15) is 16.6 Å². The van der Waals surface area contributed by atoms with Gasteiger partial charge in [0.05, 0.1) is 12.4 Å². The number of carbonyl (C=O) groups is 2. The van der Waals surface area contributed by atoms with Gasteiger partial charge < -0.3 is 10.1 Å². The summed E-state index contributed by atoms with van der Waals surface area (Å²) in [5.74, 6) is 0.314. The van der Waals surface area contributed by atoms with Gasteiger partial charge >= 0.3 is 0 Å². The summed E-state index contributed by atoms with van der Waals surface area (Å²) in [6.07, 6.45) is 0. The standard InChI is InChI=1S/C13H14N2O3S2/c1-8-12(17)15(13(19)20-8)7-11(16)14-9-3-5-10(18-2)6-4-9/h3-6,8H,7H2,1-2H3,(H,14,16). The van der Waals surface area contributed by atoms with Crippen molar-refractivity contribution in [2.24, 2.45) is 0 Å². The molecular weight excluding hydrogens is 296 g/mol. The molecule has 7 heteroatoms. The van der Waals surface area contributed by atoms with Crippen molar-refractivity contribution in [3.63, 3.8) is 0 Å². The third kappa shape index (κ3) is 3.29. The number of methoxy groups -OCH3 is 1.